The lowest BCUT2D eigenvalue weighted by molar-refractivity contribution is -0.199. The van der Waals surface area contributed by atoms with Crippen LogP contribution in [0.25, 0.3) is 0 Å². The van der Waals surface area contributed by atoms with Gasteiger partial charge in [0.15, 0.2) is 0 Å². The highest BCUT2D eigenvalue weighted by atomic mass is 16.7. The third kappa shape index (κ3) is 103. The van der Waals surface area contributed by atoms with Gasteiger partial charge in [-0.25, -0.2) is 4.79 Å². The zero-order chi connectivity index (χ0) is 89.4. The number of nitrogens with two attached hydrogens (primary N) is 2. The van der Waals surface area contributed by atoms with Gasteiger partial charge in [0.05, 0.1) is 12.1 Å². The molecule has 0 spiro atoms. The second-order valence-electron chi connectivity index (χ2n) is 36.3. The number of nitrogens with one attached hydrogen (secondary N) is 6. The summed E-state index contributed by atoms with van der Waals surface area (Å²) >= 11 is 0. The lowest BCUT2D eigenvalue weighted by Crippen LogP contribution is -2.46. The first-order chi connectivity index (χ1) is 59.0. The summed E-state index contributed by atoms with van der Waals surface area (Å²) in [6.07, 6.45) is 96.3. The average molecular weight is 1780 g/mol. The molecular formula is C103H225B3N10O9. The Hall–Kier alpha value is -2.66. The van der Waals surface area contributed by atoms with Crippen molar-refractivity contribution in [1.82, 2.24) is 41.6 Å². The van der Waals surface area contributed by atoms with Crippen LogP contribution in [0.1, 0.15) is 540 Å². The SMILES string of the molecule is C.C.C.C.CCCCCCCCCCCCCCCCCCN.CCCCCCCCCCCCCCCCCCN(CCCCCCCCCCCCCCCCCC)C(=O)[C@H](CCCCNB(C)O)NC.CCCCCCCCCCCCCCCCCCNC(=O)[C@@H](N)CCCCNB(C)O.CN[C@@H](CCCCNB(C)O)C(=O)ON1C(=O)CCC1=O.[HH]. The summed E-state index contributed by atoms with van der Waals surface area (Å²) in [6, 6.07) is -1.07. The van der Waals surface area contributed by atoms with Crippen LogP contribution in [0.5, 0.6) is 0 Å². The highest BCUT2D eigenvalue weighted by molar-refractivity contribution is 6.46. The molecule has 1 rings (SSSR count). The van der Waals surface area contributed by atoms with Crippen molar-refractivity contribution in [3.63, 3.8) is 0 Å². The molecule has 0 aliphatic carbocycles. The quantitative estimate of drug-likeness (QED) is 0.0153. The van der Waals surface area contributed by atoms with E-state index >= 15 is 0 Å². The van der Waals surface area contributed by atoms with Crippen LogP contribution in [0.2, 0.25) is 20.5 Å². The fraction of sp³-hybridized carbons (Fsp3) is 0.951. The summed E-state index contributed by atoms with van der Waals surface area (Å²) in [4.78, 5) is 67.3. The molecule has 13 N–H and O–H groups in total. The van der Waals surface area contributed by atoms with Crippen molar-refractivity contribution in [2.45, 2.75) is 578 Å². The minimum atomic E-state index is -0.635. The second-order valence-corrected chi connectivity index (χ2v) is 36.3. The summed E-state index contributed by atoms with van der Waals surface area (Å²) in [6.45, 7) is 19.9. The Labute approximate surface area is 782 Å². The van der Waals surface area contributed by atoms with Gasteiger partial charge in [0.25, 0.3) is 11.8 Å². The highest BCUT2D eigenvalue weighted by Crippen LogP contribution is 2.21. The third-order valence-corrected chi connectivity index (χ3v) is 24.2. The topological polar surface area (TPSA) is 286 Å². The maximum absolute atomic E-state index is 13.6. The molecule has 1 heterocycles. The van der Waals surface area contributed by atoms with E-state index in [1.54, 1.807) is 27.5 Å². The second kappa shape index (κ2) is 112. The Morgan fingerprint density at radius 1 is 0.352 bits per heavy atom. The number of nitrogens with zero attached hydrogens (tertiary/aromatic N) is 2. The van der Waals surface area contributed by atoms with Crippen LogP contribution in [0, 0.1) is 0 Å². The minimum Gasteiger partial charge on any atom is -0.437 e. The van der Waals surface area contributed by atoms with Crippen LogP contribution >= 0.6 is 0 Å². The summed E-state index contributed by atoms with van der Waals surface area (Å²) in [5, 5.41) is 46.2. The van der Waals surface area contributed by atoms with Gasteiger partial charge in [-0.3, -0.25) is 19.2 Å². The standard InChI is InChI=1S/C44H92BN3O2.C25H54BN3O2.C18H39N.C12H22BN3O5.4CH4.H2/c1-5-7-9-11-13-15-17-19-21-23-25-27-29-31-33-37-41-48(44(49)43(46-4)39-35-36-40-47-45(3)50)42-38-34-32-30-28-26-24-22-20-18-16-14-12-10-8-6-2;1-3-4-5-6-7-8-9-10-11-12-13-14-15-16-17-19-22-28-25(30)24(27)21-18-20-23-29-26(2)31;1-2-3-4-5-6-7-8-9-10-11-12-13-14-15-16-17-18-19;1-13(20)15-8-4-3-5-9(14-2)12(19)21-16-10(17)6-7-11(16)18;;;;;/h43,46-47,50H,5-42H2,1-4H3;24,29,31H,3-23,27H2,1-2H3,(H,28,30);2-19H2,1H3;9,14-15,20H,3-8H2,1-2H3;4*1H4;1H/t43-;24-;;9-;;;;;/m00.0...../s1. The first-order valence-corrected chi connectivity index (χ1v) is 52.7. The van der Waals surface area contributed by atoms with E-state index in [-0.39, 0.29) is 55.9 Å². The predicted octanol–water partition coefficient (Wildman–Crippen LogP) is 26.4. The molecule has 1 aliphatic rings. The van der Waals surface area contributed by atoms with Crippen LogP contribution < -0.4 is 43.1 Å². The Morgan fingerprint density at radius 2 is 0.576 bits per heavy atom. The van der Waals surface area contributed by atoms with Gasteiger partial charge in [-0.1, -0.05) is 462 Å². The van der Waals surface area contributed by atoms with E-state index in [1.807, 2.05) is 7.05 Å². The molecule has 1 fully saturated rings. The normalized spacial score (nSPS) is 12.3. The number of carbonyl (C=O) groups excluding carboxylic acids is 5. The number of hydrogen-bond acceptors (Lipinski definition) is 16. The molecule has 0 aromatic carbocycles. The maximum Gasteiger partial charge on any atom is 0.373 e. The van der Waals surface area contributed by atoms with Crippen molar-refractivity contribution in [2.75, 3.05) is 59.9 Å². The molecule has 0 unspecified atom stereocenters. The van der Waals surface area contributed by atoms with Gasteiger partial charge in [0.2, 0.25) is 11.8 Å². The van der Waals surface area contributed by atoms with E-state index in [4.69, 9.17) is 26.4 Å². The molecule has 4 amide bonds. The van der Waals surface area contributed by atoms with Gasteiger partial charge in [-0.05, 0) is 125 Å². The molecule has 0 aromatic heterocycles. The third-order valence-electron chi connectivity index (χ3n) is 24.2. The van der Waals surface area contributed by atoms with Gasteiger partial charge in [0, 0.05) is 33.9 Å². The number of imide groups is 1. The zero-order valence-corrected chi connectivity index (χ0v) is 81.8. The fourth-order valence-electron chi connectivity index (χ4n) is 16.0. The molecule has 0 aromatic rings. The summed E-state index contributed by atoms with van der Waals surface area (Å²) in [5.74, 6) is -1.32. The molecule has 1 saturated heterocycles. The van der Waals surface area contributed by atoms with Crippen LogP contribution in [-0.2, 0) is 28.8 Å². The smallest absolute Gasteiger partial charge is 0.373 e. The van der Waals surface area contributed by atoms with Crippen molar-refractivity contribution in [2.24, 2.45) is 11.5 Å². The lowest BCUT2D eigenvalue weighted by Gasteiger charge is -2.27. The summed E-state index contributed by atoms with van der Waals surface area (Å²) in [5.41, 5.74) is 11.4. The van der Waals surface area contributed by atoms with Crippen molar-refractivity contribution in [1.29, 1.82) is 0 Å². The Balaban J connectivity index is -0.000000261. The van der Waals surface area contributed by atoms with Gasteiger partial charge in [-0.2, -0.15) is 0 Å². The first-order valence-electron chi connectivity index (χ1n) is 52.7. The van der Waals surface area contributed by atoms with E-state index in [0.29, 0.717) is 30.4 Å². The number of amides is 4. The number of carbonyl (C=O) groups is 5. The number of hydrogen-bond donors (Lipinski definition) is 11. The maximum atomic E-state index is 13.6. The lowest BCUT2D eigenvalue weighted by atomic mass is 9.89. The summed E-state index contributed by atoms with van der Waals surface area (Å²) in [7, 11) is 2.07. The Kier molecular flexibility index (Phi) is 121. The number of hydroxylamine groups is 2. The average Bonchev–Trinajstić information content (AvgIpc) is 1.72. The van der Waals surface area contributed by atoms with Gasteiger partial charge < -0.3 is 67.9 Å². The molecule has 0 radical (unpaired) electrons. The van der Waals surface area contributed by atoms with E-state index in [0.717, 1.165) is 103 Å². The monoisotopic (exact) mass is 1780 g/mol. The molecule has 0 bridgehead atoms. The van der Waals surface area contributed by atoms with Crippen LogP contribution in [0.15, 0.2) is 0 Å². The number of unbranched alkanes of at least 4 members (excludes halogenated alkanes) is 63. The van der Waals surface area contributed by atoms with Gasteiger partial charge >= 0.3 is 27.1 Å². The molecule has 750 valence electrons. The molecule has 125 heavy (non-hydrogen) atoms. The minimum absolute atomic E-state index is 0. The fourth-order valence-corrected chi connectivity index (χ4v) is 16.0. The molecule has 1 aliphatic heterocycles. The molecule has 3 atom stereocenters. The molecule has 19 nitrogen and oxygen atoms in total. The Bertz CT molecular complexity index is 2080. The Morgan fingerprint density at radius 3 is 0.824 bits per heavy atom. The van der Waals surface area contributed by atoms with Crippen LogP contribution in [-0.4, -0.2) is 154 Å². The van der Waals surface area contributed by atoms with E-state index < -0.39 is 51.0 Å². The largest absolute Gasteiger partial charge is 0.437 e. The van der Waals surface area contributed by atoms with E-state index in [1.165, 1.54) is 392 Å². The van der Waals surface area contributed by atoms with Crippen LogP contribution in [0.4, 0.5) is 0 Å². The van der Waals surface area contributed by atoms with Crippen LogP contribution in [0.3, 0.4) is 0 Å². The first kappa shape index (κ1) is 135. The van der Waals surface area contributed by atoms with E-state index in [9.17, 15) is 29.0 Å². The zero-order valence-electron chi connectivity index (χ0n) is 81.8. The van der Waals surface area contributed by atoms with E-state index in [2.05, 4.69) is 64.2 Å². The number of rotatable bonds is 91. The van der Waals surface area contributed by atoms with Gasteiger partial charge in [0.1, 0.15) is 6.04 Å². The molecule has 0 saturated carbocycles. The van der Waals surface area contributed by atoms with Crippen molar-refractivity contribution < 1.29 is 45.3 Å². The van der Waals surface area contributed by atoms with Crippen molar-refractivity contribution >= 4 is 50.7 Å². The summed E-state index contributed by atoms with van der Waals surface area (Å²) < 4.78 is 0. The molecular weight excluding hydrogens is 1550 g/mol. The van der Waals surface area contributed by atoms with Crippen molar-refractivity contribution in [3.8, 4) is 0 Å². The van der Waals surface area contributed by atoms with Gasteiger partial charge in [-0.15, -0.1) is 5.06 Å². The molecule has 22 heteroatoms. The highest BCUT2D eigenvalue weighted by Gasteiger charge is 2.34. The predicted molar refractivity (Wildman–Crippen MR) is 554 cm³/mol. The van der Waals surface area contributed by atoms with Crippen molar-refractivity contribution in [3.05, 3.63) is 0 Å². The number of likely N-dealkylation sites (N-methyl/N-ethyl adjacent to an activating group) is 2.